The Morgan fingerprint density at radius 1 is 1.21 bits per heavy atom. The lowest BCUT2D eigenvalue weighted by atomic mass is 9.77. The van der Waals surface area contributed by atoms with Gasteiger partial charge >= 0.3 is 0 Å². The van der Waals surface area contributed by atoms with Gasteiger partial charge < -0.3 is 9.52 Å². The zero-order chi connectivity index (χ0) is 13.5. The van der Waals surface area contributed by atoms with E-state index < -0.39 is 5.60 Å². The van der Waals surface area contributed by atoms with Gasteiger partial charge in [0, 0.05) is 18.4 Å². The molecule has 1 aliphatic carbocycles. The number of hydrogen-bond donors (Lipinski definition) is 1. The Hall–Kier alpha value is -1.54. The van der Waals surface area contributed by atoms with Crippen LogP contribution in [0.2, 0.25) is 0 Å². The van der Waals surface area contributed by atoms with Crippen LogP contribution < -0.4 is 0 Å². The first-order valence-corrected chi connectivity index (χ1v) is 6.94. The molecule has 2 nitrogen and oxygen atoms in total. The van der Waals surface area contributed by atoms with Crippen molar-refractivity contribution in [2.75, 3.05) is 0 Å². The summed E-state index contributed by atoms with van der Waals surface area (Å²) in [5.41, 5.74) is 3.99. The standard InChI is InChI=1S/C17H20O2/c1-12-5-3-6-13(2)14(12)11-17(18)9-4-7-16-15(17)8-10-19-16/h3,5-6,8,10,18H,4,7,9,11H2,1-2H3. The highest BCUT2D eigenvalue weighted by Crippen LogP contribution is 2.39. The molecule has 0 spiro atoms. The normalized spacial score (nSPS) is 22.3. The Balaban J connectivity index is 2.00. The van der Waals surface area contributed by atoms with Crippen LogP contribution in [0.15, 0.2) is 34.9 Å². The molecule has 3 rings (SSSR count). The van der Waals surface area contributed by atoms with E-state index in [1.54, 1.807) is 6.26 Å². The first kappa shape index (κ1) is 12.5. The van der Waals surface area contributed by atoms with Crippen LogP contribution in [0.5, 0.6) is 0 Å². The van der Waals surface area contributed by atoms with Crippen LogP contribution in [-0.4, -0.2) is 5.11 Å². The van der Waals surface area contributed by atoms with E-state index in [9.17, 15) is 5.11 Å². The van der Waals surface area contributed by atoms with Gasteiger partial charge in [0.1, 0.15) is 5.76 Å². The van der Waals surface area contributed by atoms with E-state index in [1.165, 1.54) is 16.7 Å². The quantitative estimate of drug-likeness (QED) is 0.889. The number of benzene rings is 1. The van der Waals surface area contributed by atoms with Crippen molar-refractivity contribution in [1.29, 1.82) is 0 Å². The Kier molecular flexibility index (Phi) is 2.98. The van der Waals surface area contributed by atoms with E-state index in [0.717, 1.165) is 30.6 Å². The summed E-state index contributed by atoms with van der Waals surface area (Å²) in [6.07, 6.45) is 5.12. The molecule has 1 atom stereocenters. The van der Waals surface area contributed by atoms with Crippen LogP contribution in [0, 0.1) is 13.8 Å². The zero-order valence-electron chi connectivity index (χ0n) is 11.6. The van der Waals surface area contributed by atoms with Crippen molar-refractivity contribution in [3.05, 3.63) is 58.5 Å². The summed E-state index contributed by atoms with van der Waals surface area (Å²) in [5, 5.41) is 11.1. The fraction of sp³-hybridized carbons (Fsp3) is 0.412. The van der Waals surface area contributed by atoms with E-state index >= 15 is 0 Å². The molecule has 1 heterocycles. The molecule has 1 N–H and O–H groups in total. The van der Waals surface area contributed by atoms with Crippen molar-refractivity contribution in [1.82, 2.24) is 0 Å². The predicted octanol–water partition coefficient (Wildman–Crippen LogP) is 3.66. The fourth-order valence-electron chi connectivity index (χ4n) is 3.23. The largest absolute Gasteiger partial charge is 0.469 e. The number of rotatable bonds is 2. The van der Waals surface area contributed by atoms with Crippen LogP contribution in [-0.2, 0) is 18.4 Å². The van der Waals surface area contributed by atoms with Crippen LogP contribution in [0.1, 0.15) is 40.9 Å². The van der Waals surface area contributed by atoms with Gasteiger partial charge in [0.15, 0.2) is 0 Å². The van der Waals surface area contributed by atoms with Crippen molar-refractivity contribution in [3.63, 3.8) is 0 Å². The maximum atomic E-state index is 11.1. The van der Waals surface area contributed by atoms with Gasteiger partial charge in [0.2, 0.25) is 0 Å². The van der Waals surface area contributed by atoms with Gasteiger partial charge in [0.05, 0.1) is 11.9 Å². The molecule has 0 saturated carbocycles. The summed E-state index contributed by atoms with van der Waals surface area (Å²) in [7, 11) is 0. The van der Waals surface area contributed by atoms with Gasteiger partial charge in [-0.05, 0) is 49.4 Å². The third kappa shape index (κ3) is 2.10. The lowest BCUT2D eigenvalue weighted by Crippen LogP contribution is -2.32. The summed E-state index contributed by atoms with van der Waals surface area (Å²) >= 11 is 0. The first-order valence-electron chi connectivity index (χ1n) is 6.94. The third-order valence-corrected chi connectivity index (χ3v) is 4.35. The molecule has 1 aliphatic rings. The Morgan fingerprint density at radius 2 is 1.95 bits per heavy atom. The molecule has 0 radical (unpaired) electrons. The second-order valence-corrected chi connectivity index (χ2v) is 5.69. The first-order chi connectivity index (χ1) is 9.10. The highest BCUT2D eigenvalue weighted by Gasteiger charge is 2.36. The molecule has 100 valence electrons. The Bertz CT molecular complexity index is 577. The molecule has 0 bridgehead atoms. The van der Waals surface area contributed by atoms with Crippen LogP contribution in [0.3, 0.4) is 0 Å². The number of furan rings is 1. The van der Waals surface area contributed by atoms with Gasteiger partial charge in [-0.2, -0.15) is 0 Å². The van der Waals surface area contributed by atoms with E-state index in [-0.39, 0.29) is 0 Å². The van der Waals surface area contributed by atoms with E-state index in [2.05, 4.69) is 32.0 Å². The van der Waals surface area contributed by atoms with E-state index in [1.807, 2.05) is 6.07 Å². The SMILES string of the molecule is Cc1cccc(C)c1CC1(O)CCCc2occc21. The van der Waals surface area contributed by atoms with Crippen molar-refractivity contribution < 1.29 is 9.52 Å². The van der Waals surface area contributed by atoms with Crippen LogP contribution in [0.4, 0.5) is 0 Å². The molecule has 0 aliphatic heterocycles. The maximum Gasteiger partial charge on any atom is 0.109 e. The maximum absolute atomic E-state index is 11.1. The smallest absolute Gasteiger partial charge is 0.109 e. The molecule has 1 aromatic carbocycles. The molecular weight excluding hydrogens is 236 g/mol. The van der Waals surface area contributed by atoms with Crippen molar-refractivity contribution in [3.8, 4) is 0 Å². The van der Waals surface area contributed by atoms with Crippen molar-refractivity contribution in [2.45, 2.75) is 45.1 Å². The molecule has 19 heavy (non-hydrogen) atoms. The lowest BCUT2D eigenvalue weighted by molar-refractivity contribution is 0.0166. The number of aliphatic hydroxyl groups is 1. The van der Waals surface area contributed by atoms with Crippen molar-refractivity contribution >= 4 is 0 Å². The summed E-state index contributed by atoms with van der Waals surface area (Å²) in [5.74, 6) is 0.958. The van der Waals surface area contributed by atoms with Gasteiger partial charge in [-0.25, -0.2) is 0 Å². The van der Waals surface area contributed by atoms with Gasteiger partial charge in [-0.1, -0.05) is 18.2 Å². The van der Waals surface area contributed by atoms with Crippen molar-refractivity contribution in [2.24, 2.45) is 0 Å². The number of hydrogen-bond acceptors (Lipinski definition) is 2. The zero-order valence-corrected chi connectivity index (χ0v) is 11.6. The van der Waals surface area contributed by atoms with Crippen LogP contribution in [0.25, 0.3) is 0 Å². The highest BCUT2D eigenvalue weighted by molar-refractivity contribution is 5.38. The summed E-state index contributed by atoms with van der Waals surface area (Å²) in [6.45, 7) is 4.23. The molecular formula is C17H20O2. The fourth-order valence-corrected chi connectivity index (χ4v) is 3.23. The Morgan fingerprint density at radius 3 is 2.68 bits per heavy atom. The number of aryl methyl sites for hydroxylation is 3. The second-order valence-electron chi connectivity index (χ2n) is 5.69. The lowest BCUT2D eigenvalue weighted by Gasteiger charge is -2.32. The summed E-state index contributed by atoms with van der Waals surface area (Å²) in [4.78, 5) is 0. The molecule has 0 amide bonds. The van der Waals surface area contributed by atoms with Gasteiger partial charge in [-0.3, -0.25) is 0 Å². The predicted molar refractivity (Wildman–Crippen MR) is 75.2 cm³/mol. The average Bonchev–Trinajstić information content (AvgIpc) is 2.84. The molecule has 1 aromatic heterocycles. The minimum atomic E-state index is -0.766. The van der Waals surface area contributed by atoms with E-state index in [4.69, 9.17) is 4.42 Å². The Labute approximate surface area is 114 Å². The highest BCUT2D eigenvalue weighted by atomic mass is 16.3. The molecule has 0 saturated heterocycles. The molecule has 2 aromatic rings. The molecule has 1 unspecified atom stereocenters. The minimum absolute atomic E-state index is 0.679. The molecule has 0 fully saturated rings. The van der Waals surface area contributed by atoms with Gasteiger partial charge in [0.25, 0.3) is 0 Å². The van der Waals surface area contributed by atoms with Crippen LogP contribution >= 0.6 is 0 Å². The third-order valence-electron chi connectivity index (χ3n) is 4.35. The average molecular weight is 256 g/mol. The monoisotopic (exact) mass is 256 g/mol. The summed E-state index contributed by atoms with van der Waals surface area (Å²) in [6, 6.07) is 8.24. The summed E-state index contributed by atoms with van der Waals surface area (Å²) < 4.78 is 5.49. The van der Waals surface area contributed by atoms with Gasteiger partial charge in [-0.15, -0.1) is 0 Å². The molecule has 2 heteroatoms. The minimum Gasteiger partial charge on any atom is -0.469 e. The number of fused-ring (bicyclic) bond motifs is 1. The second kappa shape index (κ2) is 4.53. The topological polar surface area (TPSA) is 33.4 Å². The van der Waals surface area contributed by atoms with E-state index in [0.29, 0.717) is 6.42 Å².